The van der Waals surface area contributed by atoms with E-state index in [-0.39, 0.29) is 23.3 Å². The van der Waals surface area contributed by atoms with Gasteiger partial charge in [0.1, 0.15) is 12.4 Å². The van der Waals surface area contributed by atoms with Crippen molar-refractivity contribution in [3.63, 3.8) is 0 Å². The number of hydrogen-bond acceptors (Lipinski definition) is 4. The molecule has 6 nitrogen and oxygen atoms in total. The Hall–Kier alpha value is -2.11. The SMILES string of the molecule is CC(C)(C)C(=O)N1CCC[C@H](c2cccc(N3CCOC3=O)n2)C1. The average Bonchev–Trinajstić information content (AvgIpc) is 2.99. The number of carbonyl (C=O) groups excluding carboxylic acids is 2. The Balaban J connectivity index is 1.76. The first kappa shape index (κ1) is 16.7. The van der Waals surface area contributed by atoms with E-state index in [4.69, 9.17) is 4.74 Å². The van der Waals surface area contributed by atoms with E-state index in [0.29, 0.717) is 25.5 Å². The molecule has 1 aromatic rings. The molecule has 0 spiro atoms. The molecule has 0 aliphatic carbocycles. The highest BCUT2D eigenvalue weighted by atomic mass is 16.6. The average molecular weight is 331 g/mol. The van der Waals surface area contributed by atoms with E-state index in [0.717, 1.165) is 25.1 Å². The maximum Gasteiger partial charge on any atom is 0.415 e. The van der Waals surface area contributed by atoms with Gasteiger partial charge in [-0.3, -0.25) is 9.69 Å². The third kappa shape index (κ3) is 3.37. The van der Waals surface area contributed by atoms with Crippen molar-refractivity contribution in [3.05, 3.63) is 23.9 Å². The number of likely N-dealkylation sites (tertiary alicyclic amines) is 1. The molecule has 2 fully saturated rings. The molecule has 0 N–H and O–H groups in total. The van der Waals surface area contributed by atoms with Gasteiger partial charge in [0, 0.05) is 30.1 Å². The molecular formula is C18H25N3O3. The number of anilines is 1. The number of rotatable bonds is 2. The van der Waals surface area contributed by atoms with E-state index in [9.17, 15) is 9.59 Å². The van der Waals surface area contributed by atoms with Gasteiger partial charge in [-0.15, -0.1) is 0 Å². The van der Waals surface area contributed by atoms with Crippen LogP contribution in [0.2, 0.25) is 0 Å². The summed E-state index contributed by atoms with van der Waals surface area (Å²) in [5, 5.41) is 0. The van der Waals surface area contributed by atoms with Crippen molar-refractivity contribution in [2.45, 2.75) is 39.5 Å². The number of cyclic esters (lactones) is 1. The van der Waals surface area contributed by atoms with Crippen LogP contribution in [0.25, 0.3) is 0 Å². The molecular weight excluding hydrogens is 306 g/mol. The third-order valence-corrected chi connectivity index (χ3v) is 4.56. The quantitative estimate of drug-likeness (QED) is 0.836. The Bertz CT molecular complexity index is 639. The lowest BCUT2D eigenvalue weighted by atomic mass is 9.90. The fraction of sp³-hybridized carbons (Fsp3) is 0.611. The molecule has 0 unspecified atom stereocenters. The predicted molar refractivity (Wildman–Crippen MR) is 90.9 cm³/mol. The van der Waals surface area contributed by atoms with E-state index in [1.54, 1.807) is 4.90 Å². The first-order valence-electron chi connectivity index (χ1n) is 8.57. The number of nitrogens with zero attached hydrogens (tertiary/aromatic N) is 3. The molecule has 24 heavy (non-hydrogen) atoms. The molecule has 0 bridgehead atoms. The minimum absolute atomic E-state index is 0.187. The standard InChI is InChI=1S/C18H25N3O3/c1-18(2,3)16(22)20-9-5-6-13(12-20)14-7-4-8-15(19-14)21-10-11-24-17(21)23/h4,7-8,13H,5-6,9-12H2,1-3H3/t13-/m0/s1. The van der Waals surface area contributed by atoms with Crippen LogP contribution in [0, 0.1) is 5.41 Å². The minimum atomic E-state index is -0.365. The second-order valence-corrected chi connectivity index (χ2v) is 7.53. The van der Waals surface area contributed by atoms with Gasteiger partial charge in [-0.1, -0.05) is 26.8 Å². The van der Waals surface area contributed by atoms with Gasteiger partial charge in [0.05, 0.1) is 6.54 Å². The first-order valence-corrected chi connectivity index (χ1v) is 8.57. The Morgan fingerprint density at radius 2 is 2.08 bits per heavy atom. The second kappa shape index (κ2) is 6.42. The van der Waals surface area contributed by atoms with Crippen LogP contribution in [-0.2, 0) is 9.53 Å². The van der Waals surface area contributed by atoms with Gasteiger partial charge >= 0.3 is 6.09 Å². The molecule has 3 heterocycles. The summed E-state index contributed by atoms with van der Waals surface area (Å²) in [6.07, 6.45) is 1.65. The summed E-state index contributed by atoms with van der Waals surface area (Å²) in [7, 11) is 0. The normalized spacial score (nSPS) is 21.8. The summed E-state index contributed by atoms with van der Waals surface area (Å²) >= 11 is 0. The maximum absolute atomic E-state index is 12.6. The van der Waals surface area contributed by atoms with Gasteiger partial charge in [0.25, 0.3) is 0 Å². The van der Waals surface area contributed by atoms with Crippen LogP contribution in [0.3, 0.4) is 0 Å². The van der Waals surface area contributed by atoms with Gasteiger partial charge in [-0.25, -0.2) is 9.78 Å². The van der Waals surface area contributed by atoms with Gasteiger partial charge in [0.2, 0.25) is 5.91 Å². The molecule has 1 atom stereocenters. The number of hydrogen-bond donors (Lipinski definition) is 0. The molecule has 6 heteroatoms. The van der Waals surface area contributed by atoms with Crippen molar-refractivity contribution in [1.29, 1.82) is 0 Å². The molecule has 130 valence electrons. The Labute approximate surface area is 142 Å². The number of carbonyl (C=O) groups is 2. The number of aromatic nitrogens is 1. The topological polar surface area (TPSA) is 62.7 Å². The number of amides is 2. The maximum atomic E-state index is 12.6. The van der Waals surface area contributed by atoms with Crippen LogP contribution >= 0.6 is 0 Å². The van der Waals surface area contributed by atoms with Crippen molar-refractivity contribution in [1.82, 2.24) is 9.88 Å². The summed E-state index contributed by atoms with van der Waals surface area (Å²) < 4.78 is 4.99. The minimum Gasteiger partial charge on any atom is -0.447 e. The first-order chi connectivity index (χ1) is 11.4. The van der Waals surface area contributed by atoms with Crippen LogP contribution < -0.4 is 4.90 Å². The molecule has 2 saturated heterocycles. The Morgan fingerprint density at radius 1 is 1.29 bits per heavy atom. The van der Waals surface area contributed by atoms with E-state index in [1.165, 1.54) is 0 Å². The zero-order valence-electron chi connectivity index (χ0n) is 14.6. The second-order valence-electron chi connectivity index (χ2n) is 7.53. The van der Waals surface area contributed by atoms with Crippen LogP contribution in [0.15, 0.2) is 18.2 Å². The number of piperidine rings is 1. The monoisotopic (exact) mass is 331 g/mol. The number of pyridine rings is 1. The molecule has 2 amide bonds. The van der Waals surface area contributed by atoms with Gasteiger partial charge in [-0.05, 0) is 25.0 Å². The molecule has 0 aromatic carbocycles. The highest BCUT2D eigenvalue weighted by Gasteiger charge is 2.32. The lowest BCUT2D eigenvalue weighted by Crippen LogP contribution is -2.44. The molecule has 1 aromatic heterocycles. The van der Waals surface area contributed by atoms with Crippen molar-refractivity contribution in [3.8, 4) is 0 Å². The lowest BCUT2D eigenvalue weighted by Gasteiger charge is -2.36. The summed E-state index contributed by atoms with van der Waals surface area (Å²) in [6, 6.07) is 5.74. The fourth-order valence-electron chi connectivity index (χ4n) is 3.30. The third-order valence-electron chi connectivity index (χ3n) is 4.56. The highest BCUT2D eigenvalue weighted by Crippen LogP contribution is 2.30. The zero-order valence-corrected chi connectivity index (χ0v) is 14.6. The van der Waals surface area contributed by atoms with Crippen molar-refractivity contribution >= 4 is 17.8 Å². The van der Waals surface area contributed by atoms with Crippen LogP contribution in [0.4, 0.5) is 10.6 Å². The van der Waals surface area contributed by atoms with Crippen molar-refractivity contribution in [2.24, 2.45) is 5.41 Å². The zero-order chi connectivity index (χ0) is 17.3. The molecule has 2 aliphatic heterocycles. The molecule has 0 radical (unpaired) electrons. The van der Waals surface area contributed by atoms with Crippen LogP contribution in [0.1, 0.15) is 45.2 Å². The van der Waals surface area contributed by atoms with E-state index in [2.05, 4.69) is 4.98 Å². The van der Waals surface area contributed by atoms with E-state index >= 15 is 0 Å². The van der Waals surface area contributed by atoms with Crippen LogP contribution in [0.5, 0.6) is 0 Å². The lowest BCUT2D eigenvalue weighted by molar-refractivity contribution is -0.140. The summed E-state index contributed by atoms with van der Waals surface area (Å²) in [5.41, 5.74) is 0.579. The Kier molecular flexibility index (Phi) is 4.47. The highest BCUT2D eigenvalue weighted by molar-refractivity contribution is 5.88. The fourth-order valence-corrected chi connectivity index (χ4v) is 3.30. The summed E-state index contributed by atoms with van der Waals surface area (Å²) in [6.45, 7) is 8.31. The van der Waals surface area contributed by atoms with E-state index < -0.39 is 0 Å². The van der Waals surface area contributed by atoms with Crippen LogP contribution in [-0.4, -0.2) is 48.1 Å². The summed E-state index contributed by atoms with van der Waals surface area (Å²) in [5.74, 6) is 1.03. The van der Waals surface area contributed by atoms with Gasteiger partial charge < -0.3 is 9.64 Å². The molecule has 3 rings (SSSR count). The smallest absolute Gasteiger partial charge is 0.415 e. The number of ether oxygens (including phenoxy) is 1. The molecule has 2 aliphatic rings. The largest absolute Gasteiger partial charge is 0.447 e. The summed E-state index contributed by atoms with van der Waals surface area (Å²) in [4.78, 5) is 32.5. The van der Waals surface area contributed by atoms with E-state index in [1.807, 2.05) is 43.9 Å². The van der Waals surface area contributed by atoms with Crippen molar-refractivity contribution in [2.75, 3.05) is 31.1 Å². The van der Waals surface area contributed by atoms with Gasteiger partial charge in [-0.2, -0.15) is 0 Å². The Morgan fingerprint density at radius 3 is 2.75 bits per heavy atom. The predicted octanol–water partition coefficient (Wildman–Crippen LogP) is 2.79. The van der Waals surface area contributed by atoms with Crippen molar-refractivity contribution < 1.29 is 14.3 Å². The van der Waals surface area contributed by atoms with Gasteiger partial charge in [0.15, 0.2) is 0 Å². The molecule has 0 saturated carbocycles.